The van der Waals surface area contributed by atoms with E-state index in [1.54, 1.807) is 0 Å². The van der Waals surface area contributed by atoms with Crippen LogP contribution >= 0.6 is 0 Å². The lowest BCUT2D eigenvalue weighted by atomic mass is 10.0. The Bertz CT molecular complexity index is 716. The molecule has 0 N–H and O–H groups in total. The average molecular weight is 259 g/mol. The SMILES string of the molecule is Cc1ccc(C2=Nc3ccc(C)cc3/C=C\C=C/2)cc1. The van der Waals surface area contributed by atoms with Gasteiger partial charge in [0, 0.05) is 11.1 Å². The van der Waals surface area contributed by atoms with Crippen LogP contribution in [0.5, 0.6) is 0 Å². The largest absolute Gasteiger partial charge is 0.248 e. The first kappa shape index (κ1) is 12.6. The normalized spacial score (nSPS) is 16.6. The van der Waals surface area contributed by atoms with E-state index in [1.807, 2.05) is 6.08 Å². The van der Waals surface area contributed by atoms with Crippen molar-refractivity contribution < 1.29 is 0 Å². The van der Waals surface area contributed by atoms with Gasteiger partial charge in [0.05, 0.1) is 11.4 Å². The van der Waals surface area contributed by atoms with E-state index in [1.165, 1.54) is 16.7 Å². The standard InChI is InChI=1S/C19H17N/c1-14-7-10-16(11-8-14)18-6-4-3-5-17-13-15(2)9-12-19(17)20-18/h3-13H,1-2H3/b4-3?,5-3-,6-4-,17-5?,18-6?,20-18?,20-19?. The molecule has 0 atom stereocenters. The number of rotatable bonds is 1. The first-order valence-corrected chi connectivity index (χ1v) is 6.83. The highest BCUT2D eigenvalue weighted by atomic mass is 14.7. The van der Waals surface area contributed by atoms with Crippen molar-refractivity contribution in [1.82, 2.24) is 0 Å². The smallest absolute Gasteiger partial charge is 0.0709 e. The van der Waals surface area contributed by atoms with Crippen molar-refractivity contribution in [3.63, 3.8) is 0 Å². The van der Waals surface area contributed by atoms with Gasteiger partial charge in [0.2, 0.25) is 0 Å². The van der Waals surface area contributed by atoms with Gasteiger partial charge in [-0.1, -0.05) is 59.7 Å². The average Bonchev–Trinajstić information content (AvgIpc) is 2.42. The second kappa shape index (κ2) is 5.30. The van der Waals surface area contributed by atoms with Gasteiger partial charge in [-0.15, -0.1) is 0 Å². The van der Waals surface area contributed by atoms with Crippen LogP contribution in [-0.4, -0.2) is 5.71 Å². The molecule has 0 amide bonds. The predicted molar refractivity (Wildman–Crippen MR) is 86.7 cm³/mol. The van der Waals surface area contributed by atoms with E-state index in [9.17, 15) is 0 Å². The van der Waals surface area contributed by atoms with E-state index >= 15 is 0 Å². The zero-order chi connectivity index (χ0) is 13.9. The van der Waals surface area contributed by atoms with Crippen molar-refractivity contribution in [3.8, 4) is 0 Å². The molecule has 2 aromatic rings. The first-order valence-electron chi connectivity index (χ1n) is 6.83. The van der Waals surface area contributed by atoms with Gasteiger partial charge in [0.25, 0.3) is 0 Å². The van der Waals surface area contributed by atoms with E-state index in [4.69, 9.17) is 4.99 Å². The molecule has 0 radical (unpaired) electrons. The zero-order valence-electron chi connectivity index (χ0n) is 11.8. The summed E-state index contributed by atoms with van der Waals surface area (Å²) >= 11 is 0. The molecule has 1 aliphatic heterocycles. The Morgan fingerprint density at radius 3 is 2.25 bits per heavy atom. The second-order valence-electron chi connectivity index (χ2n) is 5.14. The maximum Gasteiger partial charge on any atom is 0.0709 e. The van der Waals surface area contributed by atoms with Crippen molar-refractivity contribution in [1.29, 1.82) is 0 Å². The van der Waals surface area contributed by atoms with Gasteiger partial charge in [-0.3, -0.25) is 0 Å². The molecule has 0 bridgehead atoms. The molecule has 0 saturated carbocycles. The highest BCUT2D eigenvalue weighted by molar-refractivity contribution is 6.10. The number of nitrogens with zero attached hydrogens (tertiary/aromatic N) is 1. The maximum absolute atomic E-state index is 4.82. The number of hydrogen-bond donors (Lipinski definition) is 0. The molecule has 0 fully saturated rings. The maximum atomic E-state index is 4.82. The summed E-state index contributed by atoms with van der Waals surface area (Å²) in [6.07, 6.45) is 8.28. The molecule has 98 valence electrons. The first-order chi connectivity index (χ1) is 9.72. The van der Waals surface area contributed by atoms with Crippen molar-refractivity contribution in [2.75, 3.05) is 0 Å². The van der Waals surface area contributed by atoms with Crippen LogP contribution in [0.2, 0.25) is 0 Å². The highest BCUT2D eigenvalue weighted by Gasteiger charge is 2.05. The van der Waals surface area contributed by atoms with E-state index < -0.39 is 0 Å². The molecule has 1 heterocycles. The van der Waals surface area contributed by atoms with Gasteiger partial charge in [0.1, 0.15) is 0 Å². The number of fused-ring (bicyclic) bond motifs is 1. The van der Waals surface area contributed by atoms with Crippen LogP contribution < -0.4 is 0 Å². The number of allylic oxidation sites excluding steroid dienone is 3. The fourth-order valence-electron chi connectivity index (χ4n) is 2.27. The van der Waals surface area contributed by atoms with Gasteiger partial charge >= 0.3 is 0 Å². The molecular formula is C19H17N. The van der Waals surface area contributed by atoms with Gasteiger partial charge in [-0.05, 0) is 32.1 Å². The lowest BCUT2D eigenvalue weighted by molar-refractivity contribution is 1.40. The summed E-state index contributed by atoms with van der Waals surface area (Å²) in [6.45, 7) is 4.20. The summed E-state index contributed by atoms with van der Waals surface area (Å²) in [7, 11) is 0. The third-order valence-electron chi connectivity index (χ3n) is 3.41. The molecule has 0 saturated heterocycles. The highest BCUT2D eigenvalue weighted by Crippen LogP contribution is 2.25. The van der Waals surface area contributed by atoms with Gasteiger partial charge in [0.15, 0.2) is 0 Å². The van der Waals surface area contributed by atoms with Gasteiger partial charge < -0.3 is 0 Å². The predicted octanol–water partition coefficient (Wildman–Crippen LogP) is 5.01. The third kappa shape index (κ3) is 2.62. The molecule has 0 unspecified atom stereocenters. The van der Waals surface area contributed by atoms with E-state index in [0.29, 0.717) is 0 Å². The van der Waals surface area contributed by atoms with Crippen LogP contribution in [0.15, 0.2) is 65.7 Å². The Hall–Kier alpha value is -2.41. The van der Waals surface area contributed by atoms with Crippen LogP contribution in [0.1, 0.15) is 22.3 Å². The molecule has 0 aliphatic carbocycles. The van der Waals surface area contributed by atoms with E-state index in [2.05, 4.69) is 74.5 Å². The molecule has 1 aliphatic rings. The lowest BCUT2D eigenvalue weighted by Crippen LogP contribution is -1.97. The van der Waals surface area contributed by atoms with Crippen LogP contribution in [0.4, 0.5) is 5.69 Å². The van der Waals surface area contributed by atoms with Crippen molar-refractivity contribution in [2.24, 2.45) is 4.99 Å². The van der Waals surface area contributed by atoms with Crippen LogP contribution in [-0.2, 0) is 0 Å². The molecular weight excluding hydrogens is 242 g/mol. The lowest BCUT2D eigenvalue weighted by Gasteiger charge is -2.08. The van der Waals surface area contributed by atoms with Gasteiger partial charge in [-0.2, -0.15) is 0 Å². The summed E-state index contributed by atoms with van der Waals surface area (Å²) in [5, 5.41) is 0. The quantitative estimate of drug-likeness (QED) is 0.683. The summed E-state index contributed by atoms with van der Waals surface area (Å²) in [6, 6.07) is 14.8. The van der Waals surface area contributed by atoms with Crippen LogP contribution in [0.25, 0.3) is 6.08 Å². The van der Waals surface area contributed by atoms with Gasteiger partial charge in [-0.25, -0.2) is 4.99 Å². The Kier molecular flexibility index (Phi) is 3.34. The second-order valence-corrected chi connectivity index (χ2v) is 5.14. The minimum atomic E-state index is 0.999. The molecule has 2 aromatic carbocycles. The van der Waals surface area contributed by atoms with E-state index in [-0.39, 0.29) is 0 Å². The molecule has 20 heavy (non-hydrogen) atoms. The molecule has 1 heteroatoms. The number of hydrogen-bond acceptors (Lipinski definition) is 1. The Balaban J connectivity index is 2.11. The number of aryl methyl sites for hydroxylation is 2. The topological polar surface area (TPSA) is 12.4 Å². The Labute approximate surface area is 120 Å². The summed E-state index contributed by atoms with van der Waals surface area (Å²) in [5.74, 6) is 0. The number of benzene rings is 2. The minimum Gasteiger partial charge on any atom is -0.248 e. The molecule has 3 rings (SSSR count). The van der Waals surface area contributed by atoms with Crippen LogP contribution in [0, 0.1) is 13.8 Å². The number of aliphatic imine (C=N–C) groups is 1. The van der Waals surface area contributed by atoms with Crippen molar-refractivity contribution in [2.45, 2.75) is 13.8 Å². The summed E-state index contributed by atoms with van der Waals surface area (Å²) in [5.41, 5.74) is 6.85. The molecule has 0 aromatic heterocycles. The monoisotopic (exact) mass is 259 g/mol. The Morgan fingerprint density at radius 1 is 0.750 bits per heavy atom. The molecule has 0 spiro atoms. The fraction of sp³-hybridized carbons (Fsp3) is 0.105. The zero-order valence-corrected chi connectivity index (χ0v) is 11.8. The van der Waals surface area contributed by atoms with Crippen molar-refractivity contribution in [3.05, 3.63) is 82.9 Å². The van der Waals surface area contributed by atoms with Crippen LogP contribution in [0.3, 0.4) is 0 Å². The summed E-state index contributed by atoms with van der Waals surface area (Å²) < 4.78 is 0. The Morgan fingerprint density at radius 2 is 1.45 bits per heavy atom. The van der Waals surface area contributed by atoms with E-state index in [0.717, 1.165) is 17.0 Å². The minimum absolute atomic E-state index is 0.999. The summed E-state index contributed by atoms with van der Waals surface area (Å²) in [4.78, 5) is 4.82. The molecule has 1 nitrogen and oxygen atoms in total. The fourth-order valence-corrected chi connectivity index (χ4v) is 2.27. The van der Waals surface area contributed by atoms with Crippen molar-refractivity contribution >= 4 is 17.5 Å². The third-order valence-corrected chi connectivity index (χ3v) is 3.41.